The molecule has 0 saturated carbocycles. The first kappa shape index (κ1) is 4.80. The number of nitrogens with one attached hydrogen (secondary N) is 1. The summed E-state index contributed by atoms with van der Waals surface area (Å²) < 4.78 is 0. The first-order valence-corrected chi connectivity index (χ1v) is 2.99. The summed E-state index contributed by atoms with van der Waals surface area (Å²) in [7, 11) is 1.95. The first-order valence-electron chi connectivity index (χ1n) is 2.99. The topological polar surface area (TPSA) is 15.8 Å². The average molecular weight is 115 g/mol. The van der Waals surface area contributed by atoms with Crippen LogP contribution in [0.25, 0.3) is 10.9 Å². The molecule has 2 heteroatoms. The monoisotopic (exact) mass is 115 g/mol. The quantitative estimate of drug-likeness (QED) is 0.535. The Morgan fingerprint density at radius 3 is 3.00 bits per heavy atom. The molecule has 0 amide bonds. The van der Waals surface area contributed by atoms with Crippen molar-refractivity contribution in [2.75, 3.05) is 0 Å². The van der Waals surface area contributed by atoms with Crippen LogP contribution in [0, 0.1) is 0 Å². The second-order valence-electron chi connectivity index (χ2n) is 2.06. The number of para-hydroxylation sites is 1. The number of rotatable bonds is 0. The predicted octanol–water partition coefficient (Wildman–Crippen LogP) is 1.51. The molecule has 0 bridgehead atoms. The third-order valence-electron chi connectivity index (χ3n) is 1.46. The van der Waals surface area contributed by atoms with Crippen LogP contribution in [-0.4, -0.2) is 11.9 Å². The van der Waals surface area contributed by atoms with Crippen molar-refractivity contribution < 1.29 is 0 Å². The van der Waals surface area contributed by atoms with Gasteiger partial charge in [-0.25, -0.2) is 0 Å². The number of H-pyrrole nitrogens is 1. The average Bonchev–Trinajstić information content (AvgIpc) is 2.33. The second-order valence-corrected chi connectivity index (χ2v) is 2.06. The van der Waals surface area contributed by atoms with Crippen molar-refractivity contribution in [2.24, 2.45) is 0 Å². The van der Waals surface area contributed by atoms with Gasteiger partial charge in [-0.2, -0.15) is 0 Å². The Kier molecular flexibility index (Phi) is 0.920. The molecule has 0 aliphatic carbocycles. The zero-order valence-corrected chi connectivity index (χ0v) is 4.96. The van der Waals surface area contributed by atoms with E-state index in [1.54, 1.807) is 0 Å². The summed E-state index contributed by atoms with van der Waals surface area (Å²) in [5.74, 6) is 2.06. The Balaban J connectivity index is 2.95. The fraction of sp³-hybridized carbons (Fsp3) is 0. The maximum atomic E-state index is 3.12. The van der Waals surface area contributed by atoms with Crippen molar-refractivity contribution in [3.05, 3.63) is 30.2 Å². The van der Waals surface area contributed by atoms with E-state index in [1.807, 2.05) is 19.2 Å². The van der Waals surface area contributed by atoms with Crippen LogP contribution >= 0.6 is 0 Å². The molecule has 0 atom stereocenters. The van der Waals surface area contributed by atoms with Crippen molar-refractivity contribution in [3.63, 3.8) is 0 Å². The molecular formula is C7H6BN. The molecule has 0 aliphatic rings. The van der Waals surface area contributed by atoms with Gasteiger partial charge in [0.05, 0.1) is 0 Å². The van der Waals surface area contributed by atoms with Crippen molar-refractivity contribution in [2.45, 2.75) is 0 Å². The molecule has 1 N–H and O–H groups in total. The molecule has 2 aromatic rings. The summed E-state index contributed by atoms with van der Waals surface area (Å²) in [6.45, 7) is 0. The normalized spacial score (nSPS) is 9.78. The molecule has 0 unspecified atom stereocenters. The minimum atomic E-state index is 1.21. The molecule has 42 valence electrons. The zero-order chi connectivity index (χ0) is 6.10. The Morgan fingerprint density at radius 1 is 1.22 bits per heavy atom. The molecular weight excluding hydrogens is 109 g/mol. The van der Waals surface area contributed by atoms with E-state index in [9.17, 15) is 0 Å². The van der Waals surface area contributed by atoms with E-state index in [2.05, 4.69) is 23.0 Å². The van der Waals surface area contributed by atoms with Gasteiger partial charge in [0, 0.05) is 0 Å². The molecule has 0 aliphatic heterocycles. The van der Waals surface area contributed by atoms with Gasteiger partial charge in [-0.3, -0.25) is 0 Å². The van der Waals surface area contributed by atoms with Gasteiger partial charge in [-0.05, 0) is 0 Å². The Labute approximate surface area is 53.9 Å². The van der Waals surface area contributed by atoms with E-state index in [4.69, 9.17) is 0 Å². The van der Waals surface area contributed by atoms with E-state index >= 15 is 0 Å². The van der Waals surface area contributed by atoms with Crippen molar-refractivity contribution in [3.8, 4) is 0 Å². The summed E-state index contributed by atoms with van der Waals surface area (Å²) in [4.78, 5) is 3.12. The van der Waals surface area contributed by atoms with Gasteiger partial charge < -0.3 is 0 Å². The molecule has 0 spiro atoms. The molecule has 1 aromatic heterocycles. The van der Waals surface area contributed by atoms with Crippen LogP contribution in [0.1, 0.15) is 0 Å². The number of hydrogen-bond acceptors (Lipinski definition) is 0. The fourth-order valence-corrected chi connectivity index (χ4v) is 0.995. The van der Waals surface area contributed by atoms with E-state index in [0.717, 1.165) is 0 Å². The van der Waals surface area contributed by atoms with Gasteiger partial charge in [0.2, 0.25) is 0 Å². The van der Waals surface area contributed by atoms with Crippen LogP contribution in [0.4, 0.5) is 0 Å². The van der Waals surface area contributed by atoms with Crippen LogP contribution in [-0.2, 0) is 0 Å². The molecule has 0 saturated heterocycles. The third-order valence-corrected chi connectivity index (χ3v) is 1.46. The Hall–Kier alpha value is -1.05. The SMILES string of the molecule is b1cc2ccccc2[nH]1. The van der Waals surface area contributed by atoms with Gasteiger partial charge in [-0.15, -0.1) is 0 Å². The molecule has 0 fully saturated rings. The van der Waals surface area contributed by atoms with E-state index in [0.29, 0.717) is 0 Å². The summed E-state index contributed by atoms with van der Waals surface area (Å²) in [5, 5.41) is 1.28. The third kappa shape index (κ3) is 0.671. The van der Waals surface area contributed by atoms with E-state index < -0.39 is 0 Å². The molecule has 9 heavy (non-hydrogen) atoms. The molecule has 1 heterocycles. The summed E-state index contributed by atoms with van der Waals surface area (Å²) in [6, 6.07) is 8.22. The molecule has 2 rings (SSSR count). The van der Waals surface area contributed by atoms with E-state index in [-0.39, 0.29) is 0 Å². The van der Waals surface area contributed by atoms with E-state index in [1.165, 1.54) is 10.9 Å². The van der Waals surface area contributed by atoms with Crippen LogP contribution in [0.5, 0.6) is 0 Å². The number of aromatic nitrogens is 1. The van der Waals surface area contributed by atoms with Crippen LogP contribution in [0.3, 0.4) is 0 Å². The number of aromatic amines is 1. The summed E-state index contributed by atoms with van der Waals surface area (Å²) >= 11 is 0. The number of hydrogen-bond donors (Lipinski definition) is 1. The van der Waals surface area contributed by atoms with Gasteiger partial charge in [0.1, 0.15) is 0 Å². The van der Waals surface area contributed by atoms with Crippen LogP contribution < -0.4 is 0 Å². The Bertz CT molecular complexity index is 283. The fourth-order valence-electron chi connectivity index (χ4n) is 0.995. The standard InChI is InChI=1S/C7H6BN/c1-2-4-7-6(3-1)5-8-9-7/h1-5,9H. The summed E-state index contributed by atoms with van der Waals surface area (Å²) in [6.07, 6.45) is 0. The van der Waals surface area contributed by atoms with Gasteiger partial charge >= 0.3 is 53.1 Å². The van der Waals surface area contributed by atoms with Gasteiger partial charge in [0.15, 0.2) is 0 Å². The number of benzene rings is 1. The Morgan fingerprint density at radius 2 is 2.11 bits per heavy atom. The minimum absolute atomic E-state index is 1.21. The molecule has 1 nitrogen and oxygen atoms in total. The first-order chi connectivity index (χ1) is 4.47. The van der Waals surface area contributed by atoms with Gasteiger partial charge in [0.25, 0.3) is 0 Å². The number of fused-ring (bicyclic) bond motifs is 1. The van der Waals surface area contributed by atoms with Crippen molar-refractivity contribution in [1.29, 1.82) is 0 Å². The van der Waals surface area contributed by atoms with Crippen molar-refractivity contribution >= 4 is 18.0 Å². The molecule has 1 aromatic carbocycles. The summed E-state index contributed by atoms with van der Waals surface area (Å²) in [5.41, 5.74) is 1.21. The van der Waals surface area contributed by atoms with Crippen molar-refractivity contribution in [1.82, 2.24) is 4.89 Å². The van der Waals surface area contributed by atoms with Crippen LogP contribution in [0.15, 0.2) is 30.2 Å². The predicted molar refractivity (Wildman–Crippen MR) is 39.6 cm³/mol. The molecule has 0 radical (unpaired) electrons. The zero-order valence-electron chi connectivity index (χ0n) is 4.96. The van der Waals surface area contributed by atoms with Crippen LogP contribution in [0.2, 0.25) is 0 Å². The van der Waals surface area contributed by atoms with Gasteiger partial charge in [-0.1, -0.05) is 0 Å². The maximum absolute atomic E-state index is 3.12. The second kappa shape index (κ2) is 1.73.